The topological polar surface area (TPSA) is 104 Å². The first-order chi connectivity index (χ1) is 12.2. The molecular weight excluding hydrogens is 338 g/mol. The van der Waals surface area contributed by atoms with Gasteiger partial charge in [-0.3, -0.25) is 0 Å². The predicted octanol–water partition coefficient (Wildman–Crippen LogP) is 1.28. The van der Waals surface area contributed by atoms with Crippen LogP contribution in [0.2, 0.25) is 0 Å². The lowest BCUT2D eigenvalue weighted by molar-refractivity contribution is -0.0779. The van der Waals surface area contributed by atoms with Gasteiger partial charge < -0.3 is 35.3 Å². The minimum absolute atomic E-state index is 0.209. The van der Waals surface area contributed by atoms with Crippen LogP contribution < -0.4 is 16.4 Å². The van der Waals surface area contributed by atoms with E-state index in [1.54, 1.807) is 7.11 Å². The van der Waals surface area contributed by atoms with E-state index < -0.39 is 0 Å². The molecule has 0 aliphatic heterocycles. The number of urea groups is 1. The van der Waals surface area contributed by atoms with Crippen molar-refractivity contribution in [2.45, 2.75) is 51.7 Å². The van der Waals surface area contributed by atoms with Crippen LogP contribution in [0.1, 0.15) is 40.5 Å². The Morgan fingerprint density at radius 2 is 1.38 bits per heavy atom. The fourth-order valence-electron chi connectivity index (χ4n) is 2.04. The fourth-order valence-corrected chi connectivity index (χ4v) is 2.04. The van der Waals surface area contributed by atoms with Crippen LogP contribution in [0.4, 0.5) is 4.79 Å². The van der Waals surface area contributed by atoms with Crippen molar-refractivity contribution < 1.29 is 23.7 Å². The van der Waals surface area contributed by atoms with Crippen LogP contribution in [0.3, 0.4) is 0 Å². The van der Waals surface area contributed by atoms with E-state index in [1.807, 2.05) is 13.8 Å². The molecule has 0 heterocycles. The van der Waals surface area contributed by atoms with E-state index in [4.69, 9.17) is 24.7 Å². The Labute approximate surface area is 158 Å². The number of hydrogen-bond donors (Lipinski definition) is 3. The summed E-state index contributed by atoms with van der Waals surface area (Å²) in [6.45, 7) is 12.2. The summed E-state index contributed by atoms with van der Waals surface area (Å²) < 4.78 is 22.0. The summed E-state index contributed by atoms with van der Waals surface area (Å²) in [5.74, 6) is 0. The van der Waals surface area contributed by atoms with E-state index in [0.29, 0.717) is 52.7 Å². The molecule has 0 fully saturated rings. The lowest BCUT2D eigenvalue weighted by Gasteiger charge is -2.29. The molecule has 26 heavy (non-hydrogen) atoms. The molecule has 4 N–H and O–H groups in total. The number of hydrogen-bond acceptors (Lipinski definition) is 6. The van der Waals surface area contributed by atoms with Crippen molar-refractivity contribution in [2.24, 2.45) is 5.73 Å². The van der Waals surface area contributed by atoms with Gasteiger partial charge in [0.05, 0.1) is 37.6 Å². The summed E-state index contributed by atoms with van der Waals surface area (Å²) in [5, 5.41) is 5.45. The van der Waals surface area contributed by atoms with Gasteiger partial charge in [-0.15, -0.1) is 0 Å². The van der Waals surface area contributed by atoms with Crippen LogP contribution in [0.15, 0.2) is 0 Å². The second kappa shape index (κ2) is 14.2. The van der Waals surface area contributed by atoms with Gasteiger partial charge in [0.25, 0.3) is 0 Å². The largest absolute Gasteiger partial charge is 0.385 e. The van der Waals surface area contributed by atoms with E-state index in [-0.39, 0.29) is 17.2 Å². The number of nitrogens with one attached hydrogen (secondary N) is 2. The van der Waals surface area contributed by atoms with E-state index in [9.17, 15) is 4.79 Å². The zero-order valence-corrected chi connectivity index (χ0v) is 17.2. The van der Waals surface area contributed by atoms with Gasteiger partial charge in [-0.2, -0.15) is 0 Å². The summed E-state index contributed by atoms with van der Waals surface area (Å²) in [6.07, 6.45) is 1.62. The van der Waals surface area contributed by atoms with Crippen LogP contribution in [0, 0.1) is 0 Å². The Bertz CT molecular complexity index is 365. The maximum absolute atomic E-state index is 11.6. The smallest absolute Gasteiger partial charge is 0.314 e. The second-order valence-electron chi connectivity index (χ2n) is 7.29. The lowest BCUT2D eigenvalue weighted by atomic mass is 10.0. The molecule has 0 spiro atoms. The Kier molecular flexibility index (Phi) is 13.7. The van der Waals surface area contributed by atoms with Gasteiger partial charge in [-0.05, 0) is 40.5 Å². The molecule has 0 aliphatic carbocycles. The molecule has 0 unspecified atom stereocenters. The maximum atomic E-state index is 11.6. The summed E-state index contributed by atoms with van der Waals surface area (Å²) in [6, 6.07) is -0.231. The third kappa shape index (κ3) is 15.3. The fraction of sp³-hybridized carbons (Fsp3) is 0.944. The van der Waals surface area contributed by atoms with Gasteiger partial charge in [-0.25, -0.2) is 4.79 Å². The summed E-state index contributed by atoms with van der Waals surface area (Å²) in [7, 11) is 1.69. The number of carbonyl (C=O) groups excluding carboxylic acids is 1. The third-order valence-corrected chi connectivity index (χ3v) is 3.78. The van der Waals surface area contributed by atoms with Gasteiger partial charge in [0, 0.05) is 33.4 Å². The molecule has 8 nitrogen and oxygen atoms in total. The molecule has 0 radical (unpaired) electrons. The first-order valence-electron chi connectivity index (χ1n) is 9.29. The van der Waals surface area contributed by atoms with Gasteiger partial charge in [0.15, 0.2) is 0 Å². The number of rotatable bonds is 16. The Morgan fingerprint density at radius 1 is 0.846 bits per heavy atom. The Hall–Kier alpha value is -0.930. The summed E-state index contributed by atoms with van der Waals surface area (Å²) in [4.78, 5) is 11.6. The Balaban J connectivity index is 3.75. The molecular formula is C18H39N3O5. The molecule has 0 saturated carbocycles. The molecule has 8 heteroatoms. The van der Waals surface area contributed by atoms with Crippen molar-refractivity contribution in [3.8, 4) is 0 Å². The predicted molar refractivity (Wildman–Crippen MR) is 102 cm³/mol. The number of methoxy groups -OCH3 is 1. The monoisotopic (exact) mass is 377 g/mol. The van der Waals surface area contributed by atoms with Crippen molar-refractivity contribution in [1.82, 2.24) is 10.6 Å². The number of ether oxygens (including phenoxy) is 4. The first-order valence-corrected chi connectivity index (χ1v) is 9.29. The van der Waals surface area contributed by atoms with Gasteiger partial charge in [0.2, 0.25) is 0 Å². The zero-order valence-electron chi connectivity index (χ0n) is 17.2. The molecule has 0 aromatic carbocycles. The maximum Gasteiger partial charge on any atom is 0.314 e. The van der Waals surface area contributed by atoms with Crippen molar-refractivity contribution in [1.29, 1.82) is 0 Å². The molecule has 2 amide bonds. The highest BCUT2D eigenvalue weighted by Gasteiger charge is 2.22. The molecule has 0 saturated heterocycles. The molecule has 0 atom stereocenters. The SMILES string of the molecule is COCCC(C)(C)OCCC(C)(C)OCCNC(=O)NCCOCCN. The number of nitrogens with two attached hydrogens (primary N) is 1. The van der Waals surface area contributed by atoms with E-state index in [0.717, 1.165) is 12.8 Å². The minimum Gasteiger partial charge on any atom is -0.385 e. The number of amides is 2. The first kappa shape index (κ1) is 25.1. The van der Waals surface area contributed by atoms with Crippen molar-refractivity contribution >= 4 is 6.03 Å². The van der Waals surface area contributed by atoms with Crippen LogP contribution in [0.5, 0.6) is 0 Å². The van der Waals surface area contributed by atoms with Crippen LogP contribution >= 0.6 is 0 Å². The quantitative estimate of drug-likeness (QED) is 0.350. The van der Waals surface area contributed by atoms with Crippen LogP contribution in [-0.4, -0.2) is 77.0 Å². The van der Waals surface area contributed by atoms with E-state index in [1.165, 1.54) is 0 Å². The third-order valence-electron chi connectivity index (χ3n) is 3.78. The van der Waals surface area contributed by atoms with E-state index in [2.05, 4.69) is 24.5 Å². The standard InChI is InChI=1S/C18H39N3O5/c1-17(2,6-11-23-5)25-12-7-18(3,4)26-15-10-21-16(22)20-9-14-24-13-8-19/h6-15,19H2,1-5H3,(H2,20,21,22). The average Bonchev–Trinajstić information content (AvgIpc) is 2.56. The van der Waals surface area contributed by atoms with E-state index >= 15 is 0 Å². The summed E-state index contributed by atoms with van der Waals surface area (Å²) in [5.41, 5.74) is 4.78. The summed E-state index contributed by atoms with van der Waals surface area (Å²) >= 11 is 0. The van der Waals surface area contributed by atoms with Crippen LogP contribution in [-0.2, 0) is 18.9 Å². The molecule has 0 aliphatic rings. The molecule has 0 aromatic rings. The molecule has 156 valence electrons. The normalized spacial score (nSPS) is 12.2. The highest BCUT2D eigenvalue weighted by Crippen LogP contribution is 2.19. The van der Waals surface area contributed by atoms with Crippen LogP contribution in [0.25, 0.3) is 0 Å². The minimum atomic E-state index is -0.314. The lowest BCUT2D eigenvalue weighted by Crippen LogP contribution is -2.40. The molecule has 0 aromatic heterocycles. The van der Waals surface area contributed by atoms with Gasteiger partial charge in [-0.1, -0.05) is 0 Å². The Morgan fingerprint density at radius 3 is 1.96 bits per heavy atom. The van der Waals surface area contributed by atoms with Crippen molar-refractivity contribution in [2.75, 3.05) is 59.8 Å². The highest BCUT2D eigenvalue weighted by atomic mass is 16.5. The molecule has 0 rings (SSSR count). The average molecular weight is 378 g/mol. The second-order valence-corrected chi connectivity index (χ2v) is 7.29. The van der Waals surface area contributed by atoms with Gasteiger partial charge >= 0.3 is 6.03 Å². The molecule has 0 bridgehead atoms. The van der Waals surface area contributed by atoms with Crippen molar-refractivity contribution in [3.05, 3.63) is 0 Å². The van der Waals surface area contributed by atoms with Crippen molar-refractivity contribution in [3.63, 3.8) is 0 Å². The number of carbonyl (C=O) groups is 1. The zero-order chi connectivity index (χ0) is 19.9. The highest BCUT2D eigenvalue weighted by molar-refractivity contribution is 5.73. The van der Waals surface area contributed by atoms with Gasteiger partial charge in [0.1, 0.15) is 0 Å².